The van der Waals surface area contributed by atoms with Crippen molar-refractivity contribution in [3.8, 4) is 0 Å². The van der Waals surface area contributed by atoms with Crippen molar-refractivity contribution in [2.75, 3.05) is 54.4 Å². The van der Waals surface area contributed by atoms with E-state index in [9.17, 15) is 9.59 Å². The number of aliphatic imine (C=N–C) groups is 1. The number of amides is 2. The van der Waals surface area contributed by atoms with Gasteiger partial charge in [-0.3, -0.25) is 9.59 Å². The second-order valence-corrected chi connectivity index (χ2v) is 7.80. The molecule has 0 aromatic carbocycles. The molecule has 0 aromatic heterocycles. The zero-order valence-electron chi connectivity index (χ0n) is 16.2. The van der Waals surface area contributed by atoms with E-state index < -0.39 is 0 Å². The molecule has 2 rings (SSSR count). The molecule has 0 unspecified atom stereocenters. The van der Waals surface area contributed by atoms with Crippen LogP contribution in [0.2, 0.25) is 0 Å². The van der Waals surface area contributed by atoms with Gasteiger partial charge in [-0.05, 0) is 24.7 Å². The normalized spacial score (nSPS) is 19.8. The molecule has 0 bridgehead atoms. The number of rotatable bonds is 4. The molecule has 1 saturated heterocycles. The fourth-order valence-corrected chi connectivity index (χ4v) is 3.69. The van der Waals surface area contributed by atoms with Gasteiger partial charge in [0.15, 0.2) is 5.96 Å². The Bertz CT molecular complexity index is 510. The van der Waals surface area contributed by atoms with Gasteiger partial charge in [-0.15, -0.1) is 0 Å². The molecule has 25 heavy (non-hydrogen) atoms. The number of nitrogens with zero attached hydrogens (tertiary/aromatic N) is 4. The molecule has 1 aliphatic heterocycles. The Kier molecular flexibility index (Phi) is 6.67. The first-order valence-electron chi connectivity index (χ1n) is 9.27. The van der Waals surface area contributed by atoms with Crippen LogP contribution in [-0.2, 0) is 9.59 Å². The first kappa shape index (κ1) is 19.5. The van der Waals surface area contributed by atoms with Crippen LogP contribution in [0, 0.1) is 5.41 Å². The summed E-state index contributed by atoms with van der Waals surface area (Å²) in [4.78, 5) is 33.7. The van der Waals surface area contributed by atoms with E-state index in [2.05, 4.69) is 15.2 Å². The average molecular weight is 351 g/mol. The number of hydrogen-bond acceptors (Lipinski definition) is 3. The molecule has 1 spiro atoms. The summed E-state index contributed by atoms with van der Waals surface area (Å²) >= 11 is 0. The maximum atomic E-state index is 11.9. The minimum atomic E-state index is -0.0372. The lowest BCUT2D eigenvalue weighted by molar-refractivity contribution is -0.127. The predicted octanol–water partition coefficient (Wildman–Crippen LogP) is 0.765. The first-order valence-corrected chi connectivity index (χ1v) is 9.27. The number of hydrogen-bond donors (Lipinski definition) is 1. The van der Waals surface area contributed by atoms with Crippen molar-refractivity contribution in [3.05, 3.63) is 0 Å². The van der Waals surface area contributed by atoms with E-state index in [0.717, 1.165) is 13.1 Å². The average Bonchev–Trinajstić information content (AvgIpc) is 2.97. The van der Waals surface area contributed by atoms with Gasteiger partial charge in [-0.2, -0.15) is 0 Å². The Balaban J connectivity index is 2.04. The highest BCUT2D eigenvalue weighted by atomic mass is 16.2. The number of guanidine groups is 1. The van der Waals surface area contributed by atoms with Crippen molar-refractivity contribution in [3.63, 3.8) is 0 Å². The summed E-state index contributed by atoms with van der Waals surface area (Å²) in [5, 5.41) is 3.17. The third-order valence-electron chi connectivity index (χ3n) is 5.41. The van der Waals surface area contributed by atoms with Crippen molar-refractivity contribution in [2.24, 2.45) is 10.4 Å². The fraction of sp³-hybridized carbons (Fsp3) is 0.833. The summed E-state index contributed by atoms with van der Waals surface area (Å²) in [7, 11) is 6.94. The minimum absolute atomic E-state index is 0.00165. The molecule has 142 valence electrons. The lowest BCUT2D eigenvalue weighted by atomic mass is 9.73. The molecule has 1 aliphatic carbocycles. The summed E-state index contributed by atoms with van der Waals surface area (Å²) < 4.78 is 0. The van der Waals surface area contributed by atoms with Crippen LogP contribution < -0.4 is 5.32 Å². The highest BCUT2D eigenvalue weighted by Gasteiger charge is 2.39. The molecule has 7 heteroatoms. The van der Waals surface area contributed by atoms with Crippen molar-refractivity contribution < 1.29 is 9.59 Å². The smallest absolute Gasteiger partial charge is 0.243 e. The van der Waals surface area contributed by atoms with E-state index in [-0.39, 0.29) is 24.9 Å². The van der Waals surface area contributed by atoms with Gasteiger partial charge in [0.05, 0.1) is 6.54 Å². The number of carbonyl (C=O) groups excluding carboxylic acids is 2. The van der Waals surface area contributed by atoms with Crippen LogP contribution in [0.1, 0.15) is 38.5 Å². The number of likely N-dealkylation sites (N-methyl/N-ethyl adjacent to an activating group) is 2. The first-order chi connectivity index (χ1) is 11.8. The molecule has 2 fully saturated rings. The van der Waals surface area contributed by atoms with Crippen LogP contribution in [0.4, 0.5) is 0 Å². The molecule has 7 nitrogen and oxygen atoms in total. The Morgan fingerprint density at radius 3 is 2.24 bits per heavy atom. The summed E-state index contributed by atoms with van der Waals surface area (Å²) in [5.74, 6) is 0.649. The van der Waals surface area contributed by atoms with Crippen molar-refractivity contribution in [1.29, 1.82) is 0 Å². The zero-order valence-corrected chi connectivity index (χ0v) is 16.2. The summed E-state index contributed by atoms with van der Waals surface area (Å²) in [6, 6.07) is 0. The quantitative estimate of drug-likeness (QED) is 0.600. The lowest BCUT2D eigenvalue weighted by Gasteiger charge is -2.33. The highest BCUT2D eigenvalue weighted by molar-refractivity contribution is 5.88. The van der Waals surface area contributed by atoms with Gasteiger partial charge in [0.2, 0.25) is 11.8 Å². The topological polar surface area (TPSA) is 68.2 Å². The summed E-state index contributed by atoms with van der Waals surface area (Å²) in [6.45, 7) is 2.23. The van der Waals surface area contributed by atoms with Crippen molar-refractivity contribution in [2.45, 2.75) is 38.5 Å². The Morgan fingerprint density at radius 1 is 1.00 bits per heavy atom. The number of likely N-dealkylation sites (tertiary alicyclic amines) is 1. The third-order valence-corrected chi connectivity index (χ3v) is 5.41. The second kappa shape index (κ2) is 8.54. The van der Waals surface area contributed by atoms with E-state index in [1.165, 1.54) is 38.5 Å². The Labute approximate surface area is 151 Å². The minimum Gasteiger partial charge on any atom is -0.347 e. The van der Waals surface area contributed by atoms with Gasteiger partial charge in [0.25, 0.3) is 0 Å². The maximum absolute atomic E-state index is 11.9. The summed E-state index contributed by atoms with van der Waals surface area (Å²) in [6.07, 6.45) is 7.71. The van der Waals surface area contributed by atoms with Crippen LogP contribution >= 0.6 is 0 Å². The largest absolute Gasteiger partial charge is 0.347 e. The van der Waals surface area contributed by atoms with Crippen LogP contribution in [0.25, 0.3) is 0 Å². The van der Waals surface area contributed by atoms with Crippen LogP contribution in [0.15, 0.2) is 4.99 Å². The van der Waals surface area contributed by atoms with E-state index >= 15 is 0 Å². The van der Waals surface area contributed by atoms with E-state index in [4.69, 9.17) is 0 Å². The maximum Gasteiger partial charge on any atom is 0.243 e. The molecule has 0 radical (unpaired) electrons. The van der Waals surface area contributed by atoms with Gasteiger partial charge in [-0.1, -0.05) is 19.3 Å². The van der Waals surface area contributed by atoms with Gasteiger partial charge < -0.3 is 20.0 Å². The highest BCUT2D eigenvalue weighted by Crippen LogP contribution is 2.43. The van der Waals surface area contributed by atoms with Crippen LogP contribution in [0.5, 0.6) is 0 Å². The van der Waals surface area contributed by atoms with Crippen LogP contribution in [-0.4, -0.2) is 86.8 Å². The van der Waals surface area contributed by atoms with E-state index in [1.54, 1.807) is 38.0 Å². The van der Waals surface area contributed by atoms with Crippen molar-refractivity contribution >= 4 is 17.8 Å². The lowest BCUT2D eigenvalue weighted by Crippen LogP contribution is -2.45. The molecule has 1 heterocycles. The van der Waals surface area contributed by atoms with Gasteiger partial charge in [0.1, 0.15) is 6.54 Å². The Hall–Kier alpha value is -1.79. The zero-order chi connectivity index (χ0) is 18.4. The molecule has 0 atom stereocenters. The van der Waals surface area contributed by atoms with Gasteiger partial charge >= 0.3 is 0 Å². The fourth-order valence-electron chi connectivity index (χ4n) is 3.69. The van der Waals surface area contributed by atoms with Gasteiger partial charge in [0, 0.05) is 41.3 Å². The molecule has 0 aromatic rings. The SMILES string of the molecule is CN(C)C(=O)CN=C(NCC(=O)N(C)C)N1CCC2(CCCCC2)C1. The monoisotopic (exact) mass is 351 g/mol. The molecular formula is C18H33N5O2. The van der Waals surface area contributed by atoms with Crippen LogP contribution in [0.3, 0.4) is 0 Å². The summed E-state index contributed by atoms with van der Waals surface area (Å²) in [5.41, 5.74) is 0.401. The third kappa shape index (κ3) is 5.34. The molecular weight excluding hydrogens is 318 g/mol. The Morgan fingerprint density at radius 2 is 1.64 bits per heavy atom. The molecule has 1 saturated carbocycles. The molecule has 2 aliphatic rings. The number of nitrogens with one attached hydrogen (secondary N) is 1. The standard InChI is InChI=1S/C18H33N5O2/c1-21(2)15(24)12-19-17(20-13-16(25)22(3)4)23-11-10-18(14-23)8-6-5-7-9-18/h5-14H2,1-4H3,(H,19,20). The van der Waals surface area contributed by atoms with Crippen molar-refractivity contribution in [1.82, 2.24) is 20.0 Å². The second-order valence-electron chi connectivity index (χ2n) is 7.80. The predicted molar refractivity (Wildman–Crippen MR) is 99.4 cm³/mol. The van der Waals surface area contributed by atoms with Gasteiger partial charge in [-0.25, -0.2) is 4.99 Å². The molecule has 1 N–H and O–H groups in total. The van der Waals surface area contributed by atoms with E-state index in [0.29, 0.717) is 11.4 Å². The molecule has 2 amide bonds. The number of carbonyl (C=O) groups is 2. The van der Waals surface area contributed by atoms with E-state index in [1.807, 2.05) is 0 Å².